The van der Waals surface area contributed by atoms with Gasteiger partial charge in [0.2, 0.25) is 5.91 Å². The van der Waals surface area contributed by atoms with Gasteiger partial charge in [-0.15, -0.1) is 24.0 Å². The van der Waals surface area contributed by atoms with Gasteiger partial charge in [0.15, 0.2) is 5.96 Å². The number of amides is 1. The van der Waals surface area contributed by atoms with Gasteiger partial charge < -0.3 is 15.5 Å². The van der Waals surface area contributed by atoms with Crippen LogP contribution in [0.3, 0.4) is 0 Å². The van der Waals surface area contributed by atoms with Gasteiger partial charge in [-0.2, -0.15) is 0 Å². The van der Waals surface area contributed by atoms with Crippen LogP contribution in [0.25, 0.3) is 0 Å². The molecule has 0 aliphatic carbocycles. The maximum absolute atomic E-state index is 11.3. The SMILES string of the molecule is CN=C(NCCN1CCN(C(C)=O)CC1)NCc1ccccn1.I. The molecule has 0 spiro atoms. The molecule has 2 N–H and O–H groups in total. The standard InChI is InChI=1S/C16H26N6O.HI/c1-14(23)22-11-9-21(10-12-22)8-7-19-16(17-2)20-13-15-5-3-4-6-18-15;/h3-6H,7-13H2,1-2H3,(H2,17,19,20);1H. The Morgan fingerprint density at radius 2 is 2.00 bits per heavy atom. The molecule has 0 aromatic carbocycles. The van der Waals surface area contributed by atoms with Crippen LogP contribution in [0, 0.1) is 0 Å². The van der Waals surface area contributed by atoms with Crippen LogP contribution in [-0.2, 0) is 11.3 Å². The lowest BCUT2D eigenvalue weighted by atomic mass is 10.3. The molecular weight excluding hydrogens is 419 g/mol. The fourth-order valence-electron chi connectivity index (χ4n) is 2.52. The van der Waals surface area contributed by atoms with Crippen molar-refractivity contribution in [3.8, 4) is 0 Å². The van der Waals surface area contributed by atoms with Crippen LogP contribution >= 0.6 is 24.0 Å². The Kier molecular flexibility index (Phi) is 9.62. The highest BCUT2D eigenvalue weighted by atomic mass is 127. The number of carbonyl (C=O) groups is 1. The average molecular weight is 446 g/mol. The number of aromatic nitrogens is 1. The van der Waals surface area contributed by atoms with Gasteiger partial charge in [0, 0.05) is 59.4 Å². The van der Waals surface area contributed by atoms with Gasteiger partial charge in [0.1, 0.15) is 0 Å². The third-order valence-electron chi connectivity index (χ3n) is 3.92. The molecule has 0 radical (unpaired) electrons. The first-order chi connectivity index (χ1) is 11.2. The molecule has 1 fully saturated rings. The maximum Gasteiger partial charge on any atom is 0.219 e. The summed E-state index contributed by atoms with van der Waals surface area (Å²) in [4.78, 5) is 24.1. The van der Waals surface area contributed by atoms with Gasteiger partial charge in [0.25, 0.3) is 0 Å². The number of nitrogens with zero attached hydrogens (tertiary/aromatic N) is 4. The summed E-state index contributed by atoms with van der Waals surface area (Å²) in [6.07, 6.45) is 1.79. The summed E-state index contributed by atoms with van der Waals surface area (Å²) in [6, 6.07) is 5.86. The minimum atomic E-state index is 0. The van der Waals surface area contributed by atoms with Crippen molar-refractivity contribution in [2.45, 2.75) is 13.5 Å². The van der Waals surface area contributed by atoms with E-state index in [0.717, 1.165) is 50.9 Å². The highest BCUT2D eigenvalue weighted by Crippen LogP contribution is 2.00. The molecule has 1 aliphatic rings. The molecule has 1 amide bonds. The first kappa shape index (κ1) is 20.6. The van der Waals surface area contributed by atoms with Gasteiger partial charge in [-0.3, -0.25) is 19.7 Å². The fourth-order valence-corrected chi connectivity index (χ4v) is 2.52. The van der Waals surface area contributed by atoms with Crippen LogP contribution in [0.4, 0.5) is 0 Å². The second kappa shape index (κ2) is 11.2. The van der Waals surface area contributed by atoms with Crippen LogP contribution in [0.1, 0.15) is 12.6 Å². The Balaban J connectivity index is 0.00000288. The molecule has 8 heteroatoms. The molecule has 7 nitrogen and oxygen atoms in total. The van der Waals surface area contributed by atoms with Gasteiger partial charge in [0.05, 0.1) is 12.2 Å². The van der Waals surface area contributed by atoms with Gasteiger partial charge in [-0.25, -0.2) is 0 Å². The normalized spacial score (nSPS) is 15.6. The Morgan fingerprint density at radius 3 is 2.58 bits per heavy atom. The molecule has 2 heterocycles. The van der Waals surface area contributed by atoms with Crippen LogP contribution in [-0.4, -0.2) is 73.0 Å². The highest BCUT2D eigenvalue weighted by molar-refractivity contribution is 14.0. The van der Waals surface area contributed by atoms with Crippen LogP contribution in [0.5, 0.6) is 0 Å². The van der Waals surface area contributed by atoms with E-state index in [1.165, 1.54) is 0 Å². The molecule has 1 aliphatic heterocycles. The molecular formula is C16H27IN6O. The van der Waals surface area contributed by atoms with Gasteiger partial charge in [-0.05, 0) is 12.1 Å². The van der Waals surface area contributed by atoms with E-state index in [9.17, 15) is 4.79 Å². The molecule has 134 valence electrons. The molecule has 0 saturated carbocycles. The molecule has 2 rings (SSSR count). The Labute approximate surface area is 160 Å². The van der Waals surface area contributed by atoms with E-state index in [1.54, 1.807) is 20.2 Å². The number of guanidine groups is 1. The van der Waals surface area contributed by atoms with Crippen molar-refractivity contribution < 1.29 is 4.79 Å². The number of piperazine rings is 1. The monoisotopic (exact) mass is 446 g/mol. The largest absolute Gasteiger partial charge is 0.355 e. The molecule has 1 aromatic heterocycles. The lowest BCUT2D eigenvalue weighted by Crippen LogP contribution is -2.50. The molecule has 1 aromatic rings. The summed E-state index contributed by atoms with van der Waals surface area (Å²) < 4.78 is 0. The highest BCUT2D eigenvalue weighted by Gasteiger charge is 2.17. The fraction of sp³-hybridized carbons (Fsp3) is 0.562. The van der Waals surface area contributed by atoms with Crippen molar-refractivity contribution in [2.75, 3.05) is 46.3 Å². The minimum Gasteiger partial charge on any atom is -0.355 e. The summed E-state index contributed by atoms with van der Waals surface area (Å²) in [5, 5.41) is 6.56. The Hall–Kier alpha value is -1.42. The zero-order valence-corrected chi connectivity index (χ0v) is 16.7. The molecule has 0 bridgehead atoms. The molecule has 1 saturated heterocycles. The number of carbonyl (C=O) groups excluding carboxylic acids is 1. The number of pyridine rings is 1. The predicted octanol–water partition coefficient (Wildman–Crippen LogP) is 0.529. The van der Waals surface area contributed by atoms with Crippen molar-refractivity contribution >= 4 is 35.8 Å². The number of halogens is 1. The van der Waals surface area contributed by atoms with E-state index in [2.05, 4.69) is 25.5 Å². The number of nitrogens with one attached hydrogen (secondary N) is 2. The second-order valence-electron chi connectivity index (χ2n) is 5.52. The van der Waals surface area contributed by atoms with Gasteiger partial charge >= 0.3 is 0 Å². The molecule has 24 heavy (non-hydrogen) atoms. The third-order valence-corrected chi connectivity index (χ3v) is 3.92. The van der Waals surface area contributed by atoms with E-state index < -0.39 is 0 Å². The van der Waals surface area contributed by atoms with E-state index >= 15 is 0 Å². The van der Waals surface area contributed by atoms with E-state index in [1.807, 2.05) is 23.1 Å². The number of hydrogen-bond acceptors (Lipinski definition) is 4. The van der Waals surface area contributed by atoms with Crippen LogP contribution < -0.4 is 10.6 Å². The topological polar surface area (TPSA) is 72.9 Å². The summed E-state index contributed by atoms with van der Waals surface area (Å²) in [5.41, 5.74) is 0.982. The van der Waals surface area contributed by atoms with Crippen molar-refractivity contribution in [3.05, 3.63) is 30.1 Å². The van der Waals surface area contributed by atoms with Gasteiger partial charge in [-0.1, -0.05) is 6.07 Å². The average Bonchev–Trinajstić information content (AvgIpc) is 2.59. The first-order valence-corrected chi connectivity index (χ1v) is 8.01. The zero-order chi connectivity index (χ0) is 16.5. The summed E-state index contributed by atoms with van der Waals surface area (Å²) in [7, 11) is 1.76. The smallest absolute Gasteiger partial charge is 0.219 e. The number of hydrogen-bond donors (Lipinski definition) is 2. The Bertz CT molecular complexity index is 517. The third kappa shape index (κ3) is 7.00. The van der Waals surface area contributed by atoms with E-state index in [-0.39, 0.29) is 29.9 Å². The predicted molar refractivity (Wildman–Crippen MR) is 107 cm³/mol. The van der Waals surface area contributed by atoms with Crippen molar-refractivity contribution in [1.82, 2.24) is 25.4 Å². The van der Waals surface area contributed by atoms with E-state index in [0.29, 0.717) is 6.54 Å². The molecule has 0 unspecified atom stereocenters. The van der Waals surface area contributed by atoms with Crippen molar-refractivity contribution in [3.63, 3.8) is 0 Å². The quantitative estimate of drug-likeness (QED) is 0.392. The summed E-state index contributed by atoms with van der Waals surface area (Å²) >= 11 is 0. The van der Waals surface area contributed by atoms with Crippen LogP contribution in [0.2, 0.25) is 0 Å². The second-order valence-corrected chi connectivity index (χ2v) is 5.52. The zero-order valence-electron chi connectivity index (χ0n) is 14.4. The number of aliphatic imine (C=N–C) groups is 1. The number of rotatable bonds is 5. The first-order valence-electron chi connectivity index (χ1n) is 8.01. The lowest BCUT2D eigenvalue weighted by Gasteiger charge is -2.34. The lowest BCUT2D eigenvalue weighted by molar-refractivity contribution is -0.130. The summed E-state index contributed by atoms with van der Waals surface area (Å²) in [6.45, 7) is 7.55. The van der Waals surface area contributed by atoms with Crippen molar-refractivity contribution in [2.24, 2.45) is 4.99 Å². The minimum absolute atomic E-state index is 0. The van der Waals surface area contributed by atoms with Crippen molar-refractivity contribution in [1.29, 1.82) is 0 Å². The maximum atomic E-state index is 11.3. The van der Waals surface area contributed by atoms with Crippen LogP contribution in [0.15, 0.2) is 29.4 Å². The summed E-state index contributed by atoms with van der Waals surface area (Å²) in [5.74, 6) is 0.944. The van der Waals surface area contributed by atoms with E-state index in [4.69, 9.17) is 0 Å². The Morgan fingerprint density at radius 1 is 1.25 bits per heavy atom. The molecule has 0 atom stereocenters.